The van der Waals surface area contributed by atoms with Crippen LogP contribution in [-0.2, 0) is 19.1 Å². The second-order valence-electron chi connectivity index (χ2n) is 9.53. The van der Waals surface area contributed by atoms with Gasteiger partial charge in [-0.15, -0.1) is 0 Å². The first-order valence-electron chi connectivity index (χ1n) is 12.1. The van der Waals surface area contributed by atoms with E-state index in [4.69, 9.17) is 9.47 Å². The summed E-state index contributed by atoms with van der Waals surface area (Å²) in [6.07, 6.45) is -0.370. The smallest absolute Gasteiger partial charge is 0.407 e. The normalized spacial score (nSPS) is 19.6. The van der Waals surface area contributed by atoms with Crippen LogP contribution in [-0.4, -0.2) is 55.5 Å². The van der Waals surface area contributed by atoms with Crippen LogP contribution in [0.5, 0.6) is 0 Å². The van der Waals surface area contributed by atoms with E-state index in [0.29, 0.717) is 6.42 Å². The molecule has 1 saturated heterocycles. The number of rotatable bonds is 9. The summed E-state index contributed by atoms with van der Waals surface area (Å²) in [5.41, 5.74) is 4.64. The number of carboxylic acids is 1. The van der Waals surface area contributed by atoms with E-state index in [1.165, 1.54) is 11.1 Å². The minimum absolute atomic E-state index is 0.00979. The Morgan fingerprint density at radius 2 is 1.66 bits per heavy atom. The van der Waals surface area contributed by atoms with Gasteiger partial charge in [-0.3, -0.25) is 9.59 Å². The number of benzene rings is 2. The summed E-state index contributed by atoms with van der Waals surface area (Å²) in [7, 11) is 0. The zero-order chi connectivity index (χ0) is 24.9. The Balaban J connectivity index is 1.22. The van der Waals surface area contributed by atoms with Crippen molar-refractivity contribution < 1.29 is 29.0 Å². The van der Waals surface area contributed by atoms with Gasteiger partial charge >= 0.3 is 12.1 Å². The van der Waals surface area contributed by atoms with Crippen LogP contribution in [0, 0.1) is 17.8 Å². The number of nitrogens with one attached hydrogen (secondary N) is 2. The minimum Gasteiger partial charge on any atom is -0.481 e. The number of fused-ring (bicyclic) bond motifs is 3. The van der Waals surface area contributed by atoms with E-state index in [9.17, 15) is 19.5 Å². The molecule has 35 heavy (non-hydrogen) atoms. The van der Waals surface area contributed by atoms with E-state index in [0.717, 1.165) is 11.1 Å². The van der Waals surface area contributed by atoms with Crippen LogP contribution in [0.3, 0.4) is 0 Å². The molecule has 1 aliphatic heterocycles. The van der Waals surface area contributed by atoms with Gasteiger partial charge in [-0.2, -0.15) is 0 Å². The van der Waals surface area contributed by atoms with Crippen LogP contribution in [0.4, 0.5) is 4.79 Å². The van der Waals surface area contributed by atoms with Crippen LogP contribution in [0.25, 0.3) is 11.1 Å². The van der Waals surface area contributed by atoms with Gasteiger partial charge in [0.05, 0.1) is 24.5 Å². The van der Waals surface area contributed by atoms with Gasteiger partial charge in [-0.1, -0.05) is 62.4 Å². The van der Waals surface area contributed by atoms with Crippen molar-refractivity contribution in [3.05, 3.63) is 59.7 Å². The van der Waals surface area contributed by atoms with Gasteiger partial charge in [0.25, 0.3) is 0 Å². The fourth-order valence-corrected chi connectivity index (χ4v) is 4.84. The van der Waals surface area contributed by atoms with Crippen molar-refractivity contribution in [1.82, 2.24) is 10.6 Å². The molecule has 8 heteroatoms. The third-order valence-corrected chi connectivity index (χ3v) is 6.89. The Labute approximate surface area is 205 Å². The molecule has 3 N–H and O–H groups in total. The number of hydrogen-bond donors (Lipinski definition) is 3. The molecular weight excluding hydrogens is 448 g/mol. The first-order chi connectivity index (χ1) is 16.8. The first kappa shape index (κ1) is 24.7. The lowest BCUT2D eigenvalue weighted by molar-refractivity contribution is -0.143. The van der Waals surface area contributed by atoms with Crippen molar-refractivity contribution >= 4 is 18.0 Å². The molecule has 2 amide bonds. The largest absolute Gasteiger partial charge is 0.481 e. The molecule has 2 aliphatic rings. The summed E-state index contributed by atoms with van der Waals surface area (Å²) < 4.78 is 11.2. The summed E-state index contributed by atoms with van der Waals surface area (Å²) >= 11 is 0. The summed E-state index contributed by atoms with van der Waals surface area (Å²) in [6, 6.07) is 16.3. The Bertz CT molecular complexity index is 1040. The molecule has 8 nitrogen and oxygen atoms in total. The molecule has 2 aromatic rings. The van der Waals surface area contributed by atoms with Crippen molar-refractivity contribution in [3.8, 4) is 11.1 Å². The number of carbonyl (C=O) groups excluding carboxylic acids is 2. The van der Waals surface area contributed by atoms with Gasteiger partial charge in [0.1, 0.15) is 6.61 Å². The van der Waals surface area contributed by atoms with E-state index in [1.54, 1.807) is 0 Å². The number of hydrogen-bond acceptors (Lipinski definition) is 5. The van der Waals surface area contributed by atoms with E-state index in [2.05, 4.69) is 34.9 Å². The van der Waals surface area contributed by atoms with E-state index in [1.807, 2.05) is 38.1 Å². The van der Waals surface area contributed by atoms with Crippen LogP contribution < -0.4 is 10.6 Å². The molecule has 186 valence electrons. The van der Waals surface area contributed by atoms with Gasteiger partial charge < -0.3 is 25.2 Å². The van der Waals surface area contributed by atoms with Gasteiger partial charge in [-0.05, 0) is 34.6 Å². The molecule has 3 atom stereocenters. The highest BCUT2D eigenvalue weighted by molar-refractivity contribution is 5.80. The predicted octanol–water partition coefficient (Wildman–Crippen LogP) is 3.40. The number of aliphatic carboxylic acids is 1. The van der Waals surface area contributed by atoms with Crippen LogP contribution in [0.1, 0.15) is 37.3 Å². The average Bonchev–Trinajstić information content (AvgIpc) is 3.44. The van der Waals surface area contributed by atoms with E-state index in [-0.39, 0.29) is 56.1 Å². The zero-order valence-electron chi connectivity index (χ0n) is 20.0. The maximum atomic E-state index is 12.4. The van der Waals surface area contributed by atoms with Gasteiger partial charge in [0.2, 0.25) is 5.91 Å². The fraction of sp³-hybridized carbons (Fsp3) is 0.444. The lowest BCUT2D eigenvalue weighted by Gasteiger charge is -2.18. The van der Waals surface area contributed by atoms with E-state index >= 15 is 0 Å². The molecule has 0 radical (unpaired) electrons. The second kappa shape index (κ2) is 10.9. The molecule has 1 unspecified atom stereocenters. The molecule has 4 rings (SSSR count). The third-order valence-electron chi connectivity index (χ3n) is 6.89. The summed E-state index contributed by atoms with van der Waals surface area (Å²) in [5.74, 6) is -2.24. The molecule has 0 bridgehead atoms. The highest BCUT2D eigenvalue weighted by atomic mass is 16.5. The molecule has 0 spiro atoms. The average molecular weight is 481 g/mol. The molecule has 0 aromatic heterocycles. The maximum Gasteiger partial charge on any atom is 0.407 e. The number of amides is 2. The number of ether oxygens (including phenoxy) is 2. The molecule has 1 fully saturated rings. The minimum atomic E-state index is -0.923. The lowest BCUT2D eigenvalue weighted by Crippen LogP contribution is -2.39. The van der Waals surface area contributed by atoms with Crippen molar-refractivity contribution in [2.24, 2.45) is 17.8 Å². The lowest BCUT2D eigenvalue weighted by atomic mass is 9.95. The highest BCUT2D eigenvalue weighted by Crippen LogP contribution is 2.44. The topological polar surface area (TPSA) is 114 Å². The standard InChI is InChI=1S/C27H32N2O6/c1-16(2)23(26(31)32)13-28-25(30)17-11-18(34-14-17)12-29-27(33)35-15-24-21-9-5-3-7-19(21)20-8-4-6-10-22(20)24/h3-10,16-18,23-24H,11-15H2,1-2H3,(H,28,30)(H,29,33)(H,31,32)/t17-,18-,23?/m0/s1. The van der Waals surface area contributed by atoms with E-state index < -0.39 is 18.0 Å². The Morgan fingerprint density at radius 1 is 1.03 bits per heavy atom. The first-order valence-corrected chi connectivity index (χ1v) is 12.1. The molecule has 0 saturated carbocycles. The third kappa shape index (κ3) is 5.65. The number of carbonyl (C=O) groups is 3. The Morgan fingerprint density at radius 3 is 2.26 bits per heavy atom. The SMILES string of the molecule is CC(C)C(CNC(=O)[C@@H]1CO[C@H](CNC(=O)OCC2c3ccccc3-c3ccccc32)C1)C(=O)O. The predicted molar refractivity (Wildman–Crippen MR) is 130 cm³/mol. The molecular formula is C27H32N2O6. The monoisotopic (exact) mass is 480 g/mol. The van der Waals surface area contributed by atoms with Crippen molar-refractivity contribution in [2.75, 3.05) is 26.3 Å². The van der Waals surface area contributed by atoms with Crippen molar-refractivity contribution in [2.45, 2.75) is 32.3 Å². The van der Waals surface area contributed by atoms with Gasteiger partial charge in [0.15, 0.2) is 0 Å². The van der Waals surface area contributed by atoms with Gasteiger partial charge in [0, 0.05) is 19.0 Å². The van der Waals surface area contributed by atoms with Crippen molar-refractivity contribution in [1.29, 1.82) is 0 Å². The quantitative estimate of drug-likeness (QED) is 0.507. The second-order valence-corrected chi connectivity index (χ2v) is 9.53. The summed E-state index contributed by atoms with van der Waals surface area (Å²) in [6.45, 7) is 4.43. The number of carboxylic acid groups (broad SMARTS) is 1. The van der Waals surface area contributed by atoms with Crippen molar-refractivity contribution in [3.63, 3.8) is 0 Å². The molecule has 2 aromatic carbocycles. The summed E-state index contributed by atoms with van der Waals surface area (Å²) in [4.78, 5) is 36.1. The Kier molecular flexibility index (Phi) is 7.70. The fourth-order valence-electron chi connectivity index (χ4n) is 4.84. The molecule has 1 aliphatic carbocycles. The Hall–Kier alpha value is -3.39. The summed E-state index contributed by atoms with van der Waals surface area (Å²) in [5, 5.41) is 14.7. The maximum absolute atomic E-state index is 12.4. The zero-order valence-corrected chi connectivity index (χ0v) is 20.0. The number of alkyl carbamates (subject to hydrolysis) is 1. The molecule has 1 heterocycles. The van der Waals surface area contributed by atoms with Crippen LogP contribution >= 0.6 is 0 Å². The van der Waals surface area contributed by atoms with Crippen LogP contribution in [0.2, 0.25) is 0 Å². The van der Waals surface area contributed by atoms with Crippen LogP contribution in [0.15, 0.2) is 48.5 Å². The highest BCUT2D eigenvalue weighted by Gasteiger charge is 2.33. The van der Waals surface area contributed by atoms with Gasteiger partial charge in [-0.25, -0.2) is 4.79 Å².